The second-order valence-corrected chi connectivity index (χ2v) is 5.08. The zero-order valence-corrected chi connectivity index (χ0v) is 13.6. The first-order valence-corrected chi connectivity index (χ1v) is 7.39. The Morgan fingerprint density at radius 1 is 0.913 bits per heavy atom. The van der Waals surface area contributed by atoms with E-state index in [9.17, 15) is 4.79 Å². The molecule has 0 aromatic heterocycles. The van der Waals surface area contributed by atoms with Gasteiger partial charge in [0.05, 0.1) is 26.8 Å². The molecule has 2 aromatic rings. The molecule has 0 radical (unpaired) electrons. The first kappa shape index (κ1) is 16.8. The normalized spacial score (nSPS) is 10.4. The molecule has 0 aliphatic heterocycles. The standard InChI is InChI=1S/C18H22N2O3/c1-19-12-17(21)20-18(13-4-8-15(22-2)9-5-13)14-6-10-16(23-3)11-7-14/h4-11,18-19H,12H2,1-3H3,(H,20,21). The highest BCUT2D eigenvalue weighted by molar-refractivity contribution is 5.79. The first-order chi connectivity index (χ1) is 11.2. The van der Waals surface area contributed by atoms with E-state index >= 15 is 0 Å². The summed E-state index contributed by atoms with van der Waals surface area (Å²) in [5.74, 6) is 1.50. The lowest BCUT2D eigenvalue weighted by Gasteiger charge is -2.20. The number of hydrogen-bond acceptors (Lipinski definition) is 4. The summed E-state index contributed by atoms with van der Waals surface area (Å²) in [5, 5.41) is 5.90. The fourth-order valence-electron chi connectivity index (χ4n) is 2.32. The van der Waals surface area contributed by atoms with Crippen LogP contribution >= 0.6 is 0 Å². The van der Waals surface area contributed by atoms with Crippen molar-refractivity contribution in [2.45, 2.75) is 6.04 Å². The van der Waals surface area contributed by atoms with Crippen molar-refractivity contribution in [3.63, 3.8) is 0 Å². The highest BCUT2D eigenvalue weighted by Crippen LogP contribution is 2.25. The van der Waals surface area contributed by atoms with Crippen LogP contribution in [-0.4, -0.2) is 33.7 Å². The van der Waals surface area contributed by atoms with Crippen LogP contribution in [0, 0.1) is 0 Å². The van der Waals surface area contributed by atoms with Gasteiger partial charge in [0.25, 0.3) is 0 Å². The number of benzene rings is 2. The Kier molecular flexibility index (Phi) is 6.00. The fourth-order valence-corrected chi connectivity index (χ4v) is 2.32. The van der Waals surface area contributed by atoms with Crippen LogP contribution < -0.4 is 20.1 Å². The molecule has 0 bridgehead atoms. The summed E-state index contributed by atoms with van der Waals surface area (Å²) in [6.07, 6.45) is 0. The van der Waals surface area contributed by atoms with Gasteiger partial charge in [0.15, 0.2) is 0 Å². The van der Waals surface area contributed by atoms with E-state index in [1.54, 1.807) is 21.3 Å². The Morgan fingerprint density at radius 2 is 1.35 bits per heavy atom. The Balaban J connectivity index is 2.30. The molecule has 0 atom stereocenters. The monoisotopic (exact) mass is 314 g/mol. The maximum atomic E-state index is 12.0. The van der Waals surface area contributed by atoms with Crippen molar-refractivity contribution < 1.29 is 14.3 Å². The van der Waals surface area contributed by atoms with Crippen LogP contribution in [0.25, 0.3) is 0 Å². The van der Waals surface area contributed by atoms with Crippen molar-refractivity contribution in [2.24, 2.45) is 0 Å². The molecule has 0 heterocycles. The van der Waals surface area contributed by atoms with E-state index in [0.29, 0.717) is 0 Å². The second kappa shape index (κ2) is 8.19. The largest absolute Gasteiger partial charge is 0.497 e. The van der Waals surface area contributed by atoms with E-state index in [1.807, 2.05) is 48.5 Å². The van der Waals surface area contributed by atoms with E-state index in [-0.39, 0.29) is 18.5 Å². The van der Waals surface area contributed by atoms with Crippen LogP contribution in [0.3, 0.4) is 0 Å². The smallest absolute Gasteiger partial charge is 0.234 e. The molecule has 2 rings (SSSR count). The molecule has 5 nitrogen and oxygen atoms in total. The van der Waals surface area contributed by atoms with E-state index in [0.717, 1.165) is 22.6 Å². The average molecular weight is 314 g/mol. The van der Waals surface area contributed by atoms with Gasteiger partial charge in [-0.15, -0.1) is 0 Å². The molecule has 122 valence electrons. The van der Waals surface area contributed by atoms with Gasteiger partial charge in [-0.1, -0.05) is 24.3 Å². The highest BCUT2D eigenvalue weighted by Gasteiger charge is 2.16. The minimum Gasteiger partial charge on any atom is -0.497 e. The van der Waals surface area contributed by atoms with Crippen LogP contribution in [0.4, 0.5) is 0 Å². The third kappa shape index (κ3) is 4.47. The van der Waals surface area contributed by atoms with Gasteiger partial charge in [0.1, 0.15) is 11.5 Å². The highest BCUT2D eigenvalue weighted by atomic mass is 16.5. The van der Waals surface area contributed by atoms with Crippen molar-refractivity contribution in [3.8, 4) is 11.5 Å². The minimum absolute atomic E-state index is 0.0656. The number of likely N-dealkylation sites (N-methyl/N-ethyl adjacent to an activating group) is 1. The van der Waals surface area contributed by atoms with E-state index in [1.165, 1.54) is 0 Å². The van der Waals surface area contributed by atoms with Crippen molar-refractivity contribution in [1.82, 2.24) is 10.6 Å². The van der Waals surface area contributed by atoms with Gasteiger partial charge in [-0.2, -0.15) is 0 Å². The molecule has 2 N–H and O–H groups in total. The van der Waals surface area contributed by atoms with Gasteiger partial charge in [0, 0.05) is 0 Å². The molecule has 2 aromatic carbocycles. The summed E-state index contributed by atoms with van der Waals surface area (Å²) in [7, 11) is 5.00. The molecule has 5 heteroatoms. The Labute approximate surface area is 136 Å². The Bertz CT molecular complexity index is 576. The van der Waals surface area contributed by atoms with Crippen molar-refractivity contribution in [1.29, 1.82) is 0 Å². The Hall–Kier alpha value is -2.53. The van der Waals surface area contributed by atoms with Crippen LogP contribution in [-0.2, 0) is 4.79 Å². The molecule has 0 aliphatic rings. The number of carbonyl (C=O) groups excluding carboxylic acids is 1. The quantitative estimate of drug-likeness (QED) is 0.822. The van der Waals surface area contributed by atoms with Gasteiger partial charge in [0.2, 0.25) is 5.91 Å². The molecule has 1 amide bonds. The molecular weight excluding hydrogens is 292 g/mol. The summed E-state index contributed by atoms with van der Waals surface area (Å²) >= 11 is 0. The van der Waals surface area contributed by atoms with Crippen LogP contribution in [0.2, 0.25) is 0 Å². The lowest BCUT2D eigenvalue weighted by Crippen LogP contribution is -2.35. The van der Waals surface area contributed by atoms with Crippen LogP contribution in [0.5, 0.6) is 11.5 Å². The maximum Gasteiger partial charge on any atom is 0.234 e. The molecule has 0 aliphatic carbocycles. The van der Waals surface area contributed by atoms with Gasteiger partial charge in [-0.3, -0.25) is 4.79 Å². The number of amides is 1. The zero-order chi connectivity index (χ0) is 16.7. The summed E-state index contributed by atoms with van der Waals surface area (Å²) < 4.78 is 10.4. The number of rotatable bonds is 7. The molecule has 0 fully saturated rings. The predicted octanol–water partition coefficient (Wildman–Crippen LogP) is 2.13. The van der Waals surface area contributed by atoms with Gasteiger partial charge >= 0.3 is 0 Å². The van der Waals surface area contributed by atoms with Crippen molar-refractivity contribution in [2.75, 3.05) is 27.8 Å². The molecule has 0 spiro atoms. The number of ether oxygens (including phenoxy) is 2. The van der Waals surface area contributed by atoms with Crippen LogP contribution in [0.1, 0.15) is 17.2 Å². The van der Waals surface area contributed by atoms with Gasteiger partial charge < -0.3 is 20.1 Å². The summed E-state index contributed by atoms with van der Waals surface area (Å²) in [4.78, 5) is 12.0. The minimum atomic E-state index is -0.229. The predicted molar refractivity (Wildman–Crippen MR) is 89.9 cm³/mol. The summed E-state index contributed by atoms with van der Waals surface area (Å²) in [5.41, 5.74) is 1.97. The fraction of sp³-hybridized carbons (Fsp3) is 0.278. The molecular formula is C18H22N2O3. The molecule has 0 saturated heterocycles. The molecule has 23 heavy (non-hydrogen) atoms. The third-order valence-corrected chi connectivity index (χ3v) is 3.54. The summed E-state index contributed by atoms with van der Waals surface area (Å²) in [6, 6.07) is 15.1. The van der Waals surface area contributed by atoms with E-state index in [4.69, 9.17) is 9.47 Å². The van der Waals surface area contributed by atoms with Gasteiger partial charge in [-0.05, 0) is 42.4 Å². The lowest BCUT2D eigenvalue weighted by atomic mass is 9.98. The molecule has 0 saturated carbocycles. The second-order valence-electron chi connectivity index (χ2n) is 5.08. The number of carbonyl (C=O) groups is 1. The van der Waals surface area contributed by atoms with Crippen molar-refractivity contribution in [3.05, 3.63) is 59.7 Å². The molecule has 0 unspecified atom stereocenters. The maximum absolute atomic E-state index is 12.0. The van der Waals surface area contributed by atoms with Crippen LogP contribution in [0.15, 0.2) is 48.5 Å². The lowest BCUT2D eigenvalue weighted by molar-refractivity contribution is -0.120. The van der Waals surface area contributed by atoms with Crippen molar-refractivity contribution >= 4 is 5.91 Å². The SMILES string of the molecule is CNCC(=O)NC(c1ccc(OC)cc1)c1ccc(OC)cc1. The Morgan fingerprint density at radius 3 is 1.70 bits per heavy atom. The van der Waals surface area contributed by atoms with Gasteiger partial charge in [-0.25, -0.2) is 0 Å². The number of methoxy groups -OCH3 is 2. The first-order valence-electron chi connectivity index (χ1n) is 7.39. The number of hydrogen-bond donors (Lipinski definition) is 2. The van der Waals surface area contributed by atoms with E-state index < -0.39 is 0 Å². The summed E-state index contributed by atoms with van der Waals surface area (Å²) in [6.45, 7) is 0.267. The van der Waals surface area contributed by atoms with E-state index in [2.05, 4.69) is 10.6 Å². The zero-order valence-electron chi connectivity index (χ0n) is 13.6. The average Bonchev–Trinajstić information content (AvgIpc) is 2.60. The number of nitrogens with one attached hydrogen (secondary N) is 2. The third-order valence-electron chi connectivity index (χ3n) is 3.54. The topological polar surface area (TPSA) is 59.6 Å².